The van der Waals surface area contributed by atoms with Gasteiger partial charge in [0.1, 0.15) is 0 Å². The molecule has 0 saturated heterocycles. The van der Waals surface area contributed by atoms with E-state index >= 15 is 0 Å². The monoisotopic (exact) mass is 371 g/mol. The molecule has 0 aromatic carbocycles. The van der Waals surface area contributed by atoms with Crippen LogP contribution in [0.5, 0.6) is 0 Å². The lowest BCUT2D eigenvalue weighted by Crippen LogP contribution is -2.35. The Labute approximate surface area is 160 Å². The molecule has 0 radical (unpaired) electrons. The second-order valence-corrected chi connectivity index (χ2v) is 7.14. The molecule has 154 valence electrons. The summed E-state index contributed by atoms with van der Waals surface area (Å²) in [6, 6.07) is -0.274. The average molecular weight is 372 g/mol. The van der Waals surface area contributed by atoms with Crippen molar-refractivity contribution in [3.63, 3.8) is 0 Å². The van der Waals surface area contributed by atoms with Gasteiger partial charge in [-0.15, -0.1) is 0 Å². The van der Waals surface area contributed by atoms with Gasteiger partial charge in [0.25, 0.3) is 0 Å². The molecule has 0 saturated carbocycles. The third kappa shape index (κ3) is 17.6. The average Bonchev–Trinajstić information content (AvgIpc) is 2.60. The van der Waals surface area contributed by atoms with E-state index in [9.17, 15) is 9.59 Å². The van der Waals surface area contributed by atoms with E-state index in [0.717, 1.165) is 38.5 Å². The molecule has 5 nitrogen and oxygen atoms in total. The molecule has 26 heavy (non-hydrogen) atoms. The number of carbonyl (C=O) groups is 2. The molecular formula is C21H41NO4. The zero-order valence-electron chi connectivity index (χ0n) is 17.3. The number of hydrogen-bond acceptors (Lipinski definition) is 4. The largest absolute Gasteiger partial charge is 0.466 e. The van der Waals surface area contributed by atoms with E-state index in [-0.39, 0.29) is 18.4 Å². The summed E-state index contributed by atoms with van der Waals surface area (Å²) in [6.45, 7) is 7.06. The molecule has 1 amide bonds. The van der Waals surface area contributed by atoms with Gasteiger partial charge in [-0.25, -0.2) is 4.79 Å². The molecular weight excluding hydrogens is 330 g/mol. The van der Waals surface area contributed by atoms with Crippen LogP contribution in [-0.4, -0.2) is 31.3 Å². The van der Waals surface area contributed by atoms with Crippen molar-refractivity contribution in [3.8, 4) is 0 Å². The van der Waals surface area contributed by atoms with Gasteiger partial charge in [-0.1, -0.05) is 78.1 Å². The number of ether oxygens (including phenoxy) is 2. The standard InChI is InChI=1S/C21H41NO4/c1-4-6-8-10-11-12-13-15-16-25-20(23)18-19(3)22-21(24)26-17-14-9-7-5-2/h19H,4-18H2,1-3H3,(H,22,24). The lowest BCUT2D eigenvalue weighted by molar-refractivity contribution is -0.144. The van der Waals surface area contributed by atoms with Crippen molar-refractivity contribution in [2.24, 2.45) is 0 Å². The van der Waals surface area contributed by atoms with Crippen LogP contribution in [0.25, 0.3) is 0 Å². The number of unbranched alkanes of at least 4 members (excludes halogenated alkanes) is 10. The number of amides is 1. The maximum Gasteiger partial charge on any atom is 0.407 e. The molecule has 1 atom stereocenters. The smallest absolute Gasteiger partial charge is 0.407 e. The number of carbonyl (C=O) groups excluding carboxylic acids is 2. The minimum atomic E-state index is -0.454. The van der Waals surface area contributed by atoms with E-state index < -0.39 is 6.09 Å². The zero-order chi connectivity index (χ0) is 19.5. The summed E-state index contributed by atoms with van der Waals surface area (Å²) in [7, 11) is 0. The Morgan fingerprint density at radius 1 is 0.731 bits per heavy atom. The first-order chi connectivity index (χ1) is 12.6. The fraction of sp³-hybridized carbons (Fsp3) is 0.905. The van der Waals surface area contributed by atoms with Gasteiger partial charge in [-0.2, -0.15) is 0 Å². The quantitative estimate of drug-likeness (QED) is 0.261. The van der Waals surface area contributed by atoms with Crippen LogP contribution in [0, 0.1) is 0 Å². The summed E-state index contributed by atoms with van der Waals surface area (Å²) >= 11 is 0. The van der Waals surface area contributed by atoms with Gasteiger partial charge >= 0.3 is 12.1 Å². The fourth-order valence-corrected chi connectivity index (χ4v) is 2.72. The zero-order valence-corrected chi connectivity index (χ0v) is 17.3. The summed E-state index contributed by atoms with van der Waals surface area (Å²) < 4.78 is 10.3. The third-order valence-electron chi connectivity index (χ3n) is 4.33. The molecule has 0 rings (SSSR count). The van der Waals surface area contributed by atoms with Gasteiger partial charge < -0.3 is 14.8 Å². The number of rotatable bonds is 17. The topological polar surface area (TPSA) is 64.6 Å². The van der Waals surface area contributed by atoms with E-state index in [1.807, 2.05) is 0 Å². The van der Waals surface area contributed by atoms with Crippen LogP contribution >= 0.6 is 0 Å². The van der Waals surface area contributed by atoms with E-state index in [0.29, 0.717) is 13.2 Å². The second kappa shape index (κ2) is 18.5. The van der Waals surface area contributed by atoms with E-state index in [1.165, 1.54) is 38.5 Å². The van der Waals surface area contributed by atoms with E-state index in [1.54, 1.807) is 6.92 Å². The normalized spacial score (nSPS) is 11.8. The van der Waals surface area contributed by atoms with Gasteiger partial charge in [0.15, 0.2) is 0 Å². The van der Waals surface area contributed by atoms with Crippen molar-refractivity contribution in [1.29, 1.82) is 0 Å². The first kappa shape index (κ1) is 24.7. The molecule has 1 unspecified atom stereocenters. The first-order valence-corrected chi connectivity index (χ1v) is 10.7. The van der Waals surface area contributed by atoms with Crippen molar-refractivity contribution in [1.82, 2.24) is 5.32 Å². The Balaban J connectivity index is 3.50. The van der Waals surface area contributed by atoms with E-state index in [2.05, 4.69) is 19.2 Å². The predicted octanol–water partition coefficient (Wildman–Crippen LogP) is 5.76. The molecule has 5 heteroatoms. The van der Waals surface area contributed by atoms with Crippen LogP contribution in [0.2, 0.25) is 0 Å². The fourth-order valence-electron chi connectivity index (χ4n) is 2.72. The first-order valence-electron chi connectivity index (χ1n) is 10.7. The summed E-state index contributed by atoms with van der Waals surface area (Å²) in [5.41, 5.74) is 0. The van der Waals surface area contributed by atoms with Crippen molar-refractivity contribution in [2.75, 3.05) is 13.2 Å². The summed E-state index contributed by atoms with van der Waals surface area (Å²) in [5, 5.41) is 2.67. The SMILES string of the molecule is CCCCCCCCCCOC(=O)CC(C)NC(=O)OCCCCCC. The van der Waals surface area contributed by atoms with Crippen LogP contribution in [-0.2, 0) is 14.3 Å². The van der Waals surface area contributed by atoms with Crippen LogP contribution in [0.1, 0.15) is 104 Å². The van der Waals surface area contributed by atoms with Gasteiger partial charge in [0.2, 0.25) is 0 Å². The van der Waals surface area contributed by atoms with Crippen molar-refractivity contribution < 1.29 is 19.1 Å². The Morgan fingerprint density at radius 3 is 1.77 bits per heavy atom. The van der Waals surface area contributed by atoms with Gasteiger partial charge in [-0.3, -0.25) is 4.79 Å². The summed E-state index contributed by atoms with van der Waals surface area (Å²) in [6.07, 6.45) is 13.8. The Kier molecular flexibility index (Phi) is 17.6. The highest BCUT2D eigenvalue weighted by molar-refractivity contribution is 5.72. The van der Waals surface area contributed by atoms with Crippen molar-refractivity contribution in [2.45, 2.75) is 110 Å². The molecule has 0 bridgehead atoms. The van der Waals surface area contributed by atoms with Crippen LogP contribution < -0.4 is 5.32 Å². The lowest BCUT2D eigenvalue weighted by Gasteiger charge is -2.13. The Hall–Kier alpha value is -1.26. The molecule has 0 aromatic rings. The molecule has 1 N–H and O–H groups in total. The lowest BCUT2D eigenvalue weighted by atomic mass is 10.1. The maximum absolute atomic E-state index is 11.8. The number of alkyl carbamates (subject to hydrolysis) is 1. The highest BCUT2D eigenvalue weighted by Crippen LogP contribution is 2.08. The molecule has 0 heterocycles. The van der Waals surface area contributed by atoms with Crippen LogP contribution in [0.3, 0.4) is 0 Å². The van der Waals surface area contributed by atoms with Crippen LogP contribution in [0.4, 0.5) is 4.79 Å². The van der Waals surface area contributed by atoms with Gasteiger partial charge in [0, 0.05) is 6.04 Å². The summed E-state index contributed by atoms with van der Waals surface area (Å²) in [4.78, 5) is 23.4. The number of nitrogens with one attached hydrogen (secondary N) is 1. The highest BCUT2D eigenvalue weighted by atomic mass is 16.5. The number of esters is 1. The second-order valence-electron chi connectivity index (χ2n) is 7.14. The molecule has 0 aliphatic heterocycles. The Morgan fingerprint density at radius 2 is 1.19 bits per heavy atom. The van der Waals surface area contributed by atoms with E-state index in [4.69, 9.17) is 9.47 Å². The summed E-state index contributed by atoms with van der Waals surface area (Å²) in [5.74, 6) is -0.260. The Bertz CT molecular complexity index is 347. The maximum atomic E-state index is 11.8. The van der Waals surface area contributed by atoms with Gasteiger partial charge in [0.05, 0.1) is 19.6 Å². The molecule has 0 aromatic heterocycles. The van der Waals surface area contributed by atoms with Gasteiger partial charge in [-0.05, 0) is 19.8 Å². The van der Waals surface area contributed by atoms with Crippen molar-refractivity contribution >= 4 is 12.1 Å². The van der Waals surface area contributed by atoms with Crippen LogP contribution in [0.15, 0.2) is 0 Å². The predicted molar refractivity (Wildman–Crippen MR) is 106 cm³/mol. The number of hydrogen-bond donors (Lipinski definition) is 1. The minimum absolute atomic E-state index is 0.182. The highest BCUT2D eigenvalue weighted by Gasteiger charge is 2.13. The third-order valence-corrected chi connectivity index (χ3v) is 4.33. The molecule has 0 aliphatic rings. The minimum Gasteiger partial charge on any atom is -0.466 e. The molecule has 0 fully saturated rings. The van der Waals surface area contributed by atoms with Crippen molar-refractivity contribution in [3.05, 3.63) is 0 Å². The molecule has 0 aliphatic carbocycles. The molecule has 0 spiro atoms.